The molecule has 3 aliphatic rings. The molecule has 1 atom stereocenters. The molecule has 2 nitrogen and oxygen atoms in total. The van der Waals surface area contributed by atoms with Gasteiger partial charge >= 0.3 is 0 Å². The van der Waals surface area contributed by atoms with Gasteiger partial charge in [-0.1, -0.05) is 129 Å². The molecule has 1 aliphatic heterocycles. The van der Waals surface area contributed by atoms with Crippen LogP contribution in [0.5, 0.6) is 0 Å². The van der Waals surface area contributed by atoms with Crippen molar-refractivity contribution in [2.24, 2.45) is 0 Å². The van der Waals surface area contributed by atoms with E-state index in [-0.39, 0.29) is 11.3 Å². The molecule has 2 heterocycles. The smallest absolute Gasteiger partial charge is 0.0783 e. The van der Waals surface area contributed by atoms with Gasteiger partial charge in [0, 0.05) is 27.8 Å². The van der Waals surface area contributed by atoms with Crippen molar-refractivity contribution in [2.75, 3.05) is 4.90 Å². The zero-order valence-corrected chi connectivity index (χ0v) is 26.9. The molecule has 0 spiro atoms. The number of anilines is 3. The highest BCUT2D eigenvalue weighted by Crippen LogP contribution is 2.57. The van der Waals surface area contributed by atoms with E-state index in [4.69, 9.17) is 0 Å². The summed E-state index contributed by atoms with van der Waals surface area (Å²) in [6.45, 7) is 4.73. The predicted molar refractivity (Wildman–Crippen MR) is 199 cm³/mol. The first-order valence-corrected chi connectivity index (χ1v) is 17.0. The highest BCUT2D eigenvalue weighted by molar-refractivity contribution is 6.22. The van der Waals surface area contributed by atoms with Crippen molar-refractivity contribution in [3.05, 3.63) is 179 Å². The second-order valence-corrected chi connectivity index (χ2v) is 14.1. The van der Waals surface area contributed by atoms with Gasteiger partial charge in [-0.2, -0.15) is 0 Å². The number of fused-ring (bicyclic) bond motifs is 12. The second-order valence-electron chi connectivity index (χ2n) is 14.1. The maximum Gasteiger partial charge on any atom is 0.0783 e. The van der Waals surface area contributed by atoms with E-state index in [1.54, 1.807) is 0 Å². The minimum absolute atomic E-state index is 0.0681. The zero-order valence-electron chi connectivity index (χ0n) is 26.9. The molecule has 0 radical (unpaired) electrons. The van der Waals surface area contributed by atoms with E-state index >= 15 is 0 Å². The molecule has 0 amide bonds. The Labute approximate surface area is 280 Å². The van der Waals surface area contributed by atoms with E-state index in [1.807, 2.05) is 0 Å². The summed E-state index contributed by atoms with van der Waals surface area (Å²) < 4.78 is 2.53. The Bertz CT molecular complexity index is 2660. The number of rotatable bonds is 2. The third kappa shape index (κ3) is 3.18. The van der Waals surface area contributed by atoms with Gasteiger partial charge in [0.25, 0.3) is 0 Å². The summed E-state index contributed by atoms with van der Waals surface area (Å²) in [5, 5.41) is 2.65. The van der Waals surface area contributed by atoms with Crippen molar-refractivity contribution in [3.8, 4) is 27.9 Å². The fourth-order valence-electron chi connectivity index (χ4n) is 9.35. The van der Waals surface area contributed by atoms with Gasteiger partial charge in [-0.05, 0) is 86.5 Å². The molecule has 226 valence electrons. The third-order valence-corrected chi connectivity index (χ3v) is 11.4. The number of benzene rings is 7. The number of para-hydroxylation sites is 3. The van der Waals surface area contributed by atoms with Crippen molar-refractivity contribution in [1.29, 1.82) is 0 Å². The van der Waals surface area contributed by atoms with Crippen molar-refractivity contribution in [1.82, 2.24) is 4.57 Å². The van der Waals surface area contributed by atoms with Crippen LogP contribution in [0, 0.1) is 0 Å². The maximum atomic E-state index is 2.53. The largest absolute Gasteiger partial charge is 0.306 e. The van der Waals surface area contributed by atoms with Crippen LogP contribution in [0.2, 0.25) is 0 Å². The number of hydrogen-bond acceptors (Lipinski definition) is 1. The molecule has 0 saturated heterocycles. The van der Waals surface area contributed by atoms with Gasteiger partial charge in [0.1, 0.15) is 0 Å². The Kier molecular flexibility index (Phi) is 5.00. The Morgan fingerprint density at radius 2 is 1.23 bits per heavy atom. The van der Waals surface area contributed by atoms with Gasteiger partial charge in [-0.3, -0.25) is 0 Å². The van der Waals surface area contributed by atoms with Crippen LogP contribution in [0.4, 0.5) is 17.1 Å². The molecular formula is C46H32N2. The monoisotopic (exact) mass is 612 g/mol. The van der Waals surface area contributed by atoms with Crippen LogP contribution in [0.15, 0.2) is 152 Å². The van der Waals surface area contributed by atoms with Crippen molar-refractivity contribution >= 4 is 38.9 Å². The van der Waals surface area contributed by atoms with E-state index < -0.39 is 0 Å². The molecule has 8 aromatic rings. The SMILES string of the molecule is CC1(C)c2ccccc2-c2ccc(N3c4ccccc4-n4c5ccc6c(c5c5cccc3c54)-c3ccccc3C6c3ccccc3)cc21. The minimum Gasteiger partial charge on any atom is -0.306 e. The third-order valence-electron chi connectivity index (χ3n) is 11.4. The normalized spacial score (nSPS) is 16.0. The predicted octanol–water partition coefficient (Wildman–Crippen LogP) is 12.0. The van der Waals surface area contributed by atoms with Crippen molar-refractivity contribution in [3.63, 3.8) is 0 Å². The lowest BCUT2D eigenvalue weighted by molar-refractivity contribution is 0.660. The average Bonchev–Trinajstić information content (AvgIpc) is 3.73. The summed E-state index contributed by atoms with van der Waals surface area (Å²) in [7, 11) is 0. The lowest BCUT2D eigenvalue weighted by Crippen LogP contribution is -2.19. The summed E-state index contributed by atoms with van der Waals surface area (Å²) in [5.41, 5.74) is 19.6. The lowest BCUT2D eigenvalue weighted by atomic mass is 9.82. The van der Waals surface area contributed by atoms with Gasteiger partial charge in [-0.15, -0.1) is 0 Å². The maximum absolute atomic E-state index is 2.53. The first-order valence-electron chi connectivity index (χ1n) is 17.0. The summed E-state index contributed by atoms with van der Waals surface area (Å²) in [6, 6.07) is 56.7. The number of nitrogens with zero attached hydrogens (tertiary/aromatic N) is 2. The summed E-state index contributed by atoms with van der Waals surface area (Å²) in [6.07, 6.45) is 0. The quantitative estimate of drug-likeness (QED) is 0.189. The van der Waals surface area contributed by atoms with E-state index in [0.717, 1.165) is 0 Å². The summed E-state index contributed by atoms with van der Waals surface area (Å²) >= 11 is 0. The van der Waals surface area contributed by atoms with E-state index in [9.17, 15) is 0 Å². The molecular weight excluding hydrogens is 581 g/mol. The molecule has 11 rings (SSSR count). The van der Waals surface area contributed by atoms with E-state index in [1.165, 1.54) is 94.6 Å². The molecule has 2 heteroatoms. The minimum atomic E-state index is -0.0681. The Morgan fingerprint density at radius 1 is 0.521 bits per heavy atom. The van der Waals surface area contributed by atoms with Gasteiger partial charge in [0.05, 0.1) is 28.1 Å². The molecule has 0 saturated carbocycles. The molecule has 1 aromatic heterocycles. The fourth-order valence-corrected chi connectivity index (χ4v) is 9.35. The highest BCUT2D eigenvalue weighted by Gasteiger charge is 2.38. The average molecular weight is 613 g/mol. The van der Waals surface area contributed by atoms with E-state index in [0.29, 0.717) is 0 Å². The van der Waals surface area contributed by atoms with Crippen molar-refractivity contribution in [2.45, 2.75) is 25.2 Å². The van der Waals surface area contributed by atoms with Gasteiger partial charge in [0.15, 0.2) is 0 Å². The Balaban J connectivity index is 1.20. The molecule has 0 N–H and O–H groups in total. The number of aromatic nitrogens is 1. The molecule has 1 unspecified atom stereocenters. The Hall–Kier alpha value is -5.86. The highest BCUT2D eigenvalue weighted by atomic mass is 15.2. The standard InChI is InChI=1S/C46H32N2/c1-46(2)36-19-9-8-15-30(36)31-24-23-29(27-37(31)46)47-38-20-10-11-21-39(38)48-40-26-25-34-42(28-13-4-3-5-14-28)32-16-6-7-17-33(32)43(34)44(40)35-18-12-22-41(47)45(35)48/h3-27,42H,1-2H3. The second kappa shape index (κ2) is 9.14. The molecule has 48 heavy (non-hydrogen) atoms. The van der Waals surface area contributed by atoms with Crippen LogP contribution in [0.3, 0.4) is 0 Å². The van der Waals surface area contributed by atoms with Crippen LogP contribution in [0.1, 0.15) is 47.6 Å². The van der Waals surface area contributed by atoms with Crippen LogP contribution < -0.4 is 4.90 Å². The van der Waals surface area contributed by atoms with E-state index in [2.05, 4.69) is 175 Å². The zero-order chi connectivity index (χ0) is 31.7. The Morgan fingerprint density at radius 3 is 2.10 bits per heavy atom. The lowest BCUT2D eigenvalue weighted by Gasteiger charge is -2.34. The number of hydrogen-bond donors (Lipinski definition) is 0. The van der Waals surface area contributed by atoms with Crippen LogP contribution in [-0.4, -0.2) is 4.57 Å². The summed E-state index contributed by atoms with van der Waals surface area (Å²) in [5.74, 6) is 0.219. The van der Waals surface area contributed by atoms with Crippen LogP contribution in [0.25, 0.3) is 49.7 Å². The molecule has 7 aromatic carbocycles. The first-order chi connectivity index (χ1) is 23.6. The topological polar surface area (TPSA) is 8.17 Å². The first kappa shape index (κ1) is 26.2. The molecule has 0 bridgehead atoms. The van der Waals surface area contributed by atoms with Crippen LogP contribution in [-0.2, 0) is 5.41 Å². The fraction of sp³-hybridized carbons (Fsp3) is 0.0870. The summed E-state index contributed by atoms with van der Waals surface area (Å²) in [4.78, 5) is 2.50. The van der Waals surface area contributed by atoms with Gasteiger partial charge in [-0.25, -0.2) is 0 Å². The van der Waals surface area contributed by atoms with Crippen molar-refractivity contribution < 1.29 is 0 Å². The van der Waals surface area contributed by atoms with Gasteiger partial charge in [0.2, 0.25) is 0 Å². The molecule has 2 aliphatic carbocycles. The van der Waals surface area contributed by atoms with Crippen LogP contribution >= 0.6 is 0 Å². The van der Waals surface area contributed by atoms with Gasteiger partial charge < -0.3 is 9.47 Å². The molecule has 0 fully saturated rings.